The Morgan fingerprint density at radius 2 is 1.90 bits per heavy atom. The highest BCUT2D eigenvalue weighted by Crippen LogP contribution is 2.16. The third-order valence-corrected chi connectivity index (χ3v) is 4.08. The van der Waals surface area contributed by atoms with E-state index in [4.69, 9.17) is 12.2 Å². The van der Waals surface area contributed by atoms with E-state index < -0.39 is 0 Å². The maximum absolute atomic E-state index is 12.0. The van der Waals surface area contributed by atoms with E-state index in [1.807, 2.05) is 44.4 Å². The predicted octanol–water partition coefficient (Wildman–Crippen LogP) is 3.30. The van der Waals surface area contributed by atoms with Crippen molar-refractivity contribution < 1.29 is 4.79 Å². The van der Waals surface area contributed by atoms with Crippen LogP contribution in [0.3, 0.4) is 0 Å². The molecule has 0 radical (unpaired) electrons. The van der Waals surface area contributed by atoms with Crippen molar-refractivity contribution in [1.29, 1.82) is 0 Å². The van der Waals surface area contributed by atoms with Crippen LogP contribution >= 0.6 is 23.6 Å². The zero-order valence-electron chi connectivity index (χ0n) is 12.1. The van der Waals surface area contributed by atoms with Crippen molar-refractivity contribution in [3.8, 4) is 0 Å². The Bertz CT molecular complexity index is 679. The zero-order chi connectivity index (χ0) is 15.4. The fraction of sp³-hybridized carbons (Fsp3) is 0.200. The van der Waals surface area contributed by atoms with Gasteiger partial charge in [0.1, 0.15) is 0 Å². The number of benzene rings is 1. The summed E-state index contributed by atoms with van der Waals surface area (Å²) in [6.07, 6.45) is 0. The molecule has 0 spiro atoms. The fourth-order valence-corrected chi connectivity index (χ4v) is 2.68. The lowest BCUT2D eigenvalue weighted by Crippen LogP contribution is -2.43. The maximum Gasteiger partial charge on any atom is 0.270 e. The smallest absolute Gasteiger partial charge is 0.270 e. The van der Waals surface area contributed by atoms with Gasteiger partial charge in [0.15, 0.2) is 5.11 Å². The lowest BCUT2D eigenvalue weighted by Gasteiger charge is -2.13. The van der Waals surface area contributed by atoms with Gasteiger partial charge in [-0.25, -0.2) is 0 Å². The molecule has 0 aliphatic heterocycles. The summed E-state index contributed by atoms with van der Waals surface area (Å²) in [7, 11) is 0. The molecule has 110 valence electrons. The summed E-state index contributed by atoms with van der Waals surface area (Å²) in [5, 5.41) is 5.31. The van der Waals surface area contributed by atoms with Crippen LogP contribution in [-0.4, -0.2) is 11.0 Å². The van der Waals surface area contributed by atoms with E-state index in [1.165, 1.54) is 11.3 Å². The largest absolute Gasteiger partial charge is 0.331 e. The van der Waals surface area contributed by atoms with Crippen molar-refractivity contribution in [2.24, 2.45) is 0 Å². The topological polar surface area (TPSA) is 53.2 Å². The lowest BCUT2D eigenvalue weighted by atomic mass is 10.1. The van der Waals surface area contributed by atoms with Gasteiger partial charge in [-0.3, -0.25) is 15.6 Å². The van der Waals surface area contributed by atoms with Crippen molar-refractivity contribution in [1.82, 2.24) is 10.9 Å². The molecule has 1 aromatic carbocycles. The molecule has 0 fully saturated rings. The van der Waals surface area contributed by atoms with Gasteiger partial charge in [0.2, 0.25) is 0 Å². The minimum atomic E-state index is -0.195. The lowest BCUT2D eigenvalue weighted by molar-refractivity contribution is 0.0944. The number of anilines is 1. The number of carbonyl (C=O) groups excluding carboxylic acids is 1. The number of hydrazine groups is 1. The quantitative estimate of drug-likeness (QED) is 0.587. The first-order valence-corrected chi connectivity index (χ1v) is 7.75. The Labute approximate surface area is 133 Å². The van der Waals surface area contributed by atoms with Crippen molar-refractivity contribution >= 4 is 40.3 Å². The van der Waals surface area contributed by atoms with E-state index in [0.29, 0.717) is 10.7 Å². The minimum absolute atomic E-state index is 0.195. The van der Waals surface area contributed by atoms with E-state index >= 15 is 0 Å². The molecule has 3 N–H and O–H groups in total. The van der Waals surface area contributed by atoms with E-state index in [2.05, 4.69) is 16.2 Å². The van der Waals surface area contributed by atoms with E-state index in [9.17, 15) is 4.79 Å². The number of hydrogen-bond donors (Lipinski definition) is 3. The summed E-state index contributed by atoms with van der Waals surface area (Å²) in [4.78, 5) is 12.9. The highest BCUT2D eigenvalue weighted by Gasteiger charge is 2.10. The average Bonchev–Trinajstić information content (AvgIpc) is 2.86. The normalized spacial score (nSPS) is 10.0. The highest BCUT2D eigenvalue weighted by atomic mass is 32.1. The maximum atomic E-state index is 12.0. The van der Waals surface area contributed by atoms with Crippen LogP contribution in [0.25, 0.3) is 0 Å². The van der Waals surface area contributed by atoms with Crippen molar-refractivity contribution in [2.45, 2.75) is 20.8 Å². The fourth-order valence-electron chi connectivity index (χ4n) is 1.83. The number of carbonyl (C=O) groups is 1. The summed E-state index contributed by atoms with van der Waals surface area (Å²) >= 11 is 6.72. The molecule has 21 heavy (non-hydrogen) atoms. The van der Waals surface area contributed by atoms with Gasteiger partial charge in [0.05, 0.1) is 5.56 Å². The molecular formula is C15H17N3OS2. The van der Waals surface area contributed by atoms with Crippen molar-refractivity contribution in [3.63, 3.8) is 0 Å². The molecule has 1 amide bonds. The first-order chi connectivity index (χ1) is 9.97. The standard InChI is InChI=1S/C15H17N3OS2/c1-9-4-5-10(2)13(8-9)16-15(20)18-17-14(19)12-6-7-21-11(12)3/h4-8H,1-3H3,(H,17,19)(H2,16,18,20). The van der Waals surface area contributed by atoms with Crippen LogP contribution in [0.2, 0.25) is 0 Å². The third-order valence-electron chi connectivity index (χ3n) is 3.03. The van der Waals surface area contributed by atoms with E-state index in [0.717, 1.165) is 21.7 Å². The van der Waals surface area contributed by atoms with Gasteiger partial charge in [-0.1, -0.05) is 12.1 Å². The Balaban J connectivity index is 1.92. The molecular weight excluding hydrogens is 302 g/mol. The first kappa shape index (κ1) is 15.5. The van der Waals surface area contributed by atoms with E-state index in [-0.39, 0.29) is 5.91 Å². The molecule has 6 heteroatoms. The van der Waals surface area contributed by atoms with Crippen molar-refractivity contribution in [2.75, 3.05) is 5.32 Å². The summed E-state index contributed by atoms with van der Waals surface area (Å²) < 4.78 is 0. The van der Waals surface area contributed by atoms with Gasteiger partial charge < -0.3 is 5.32 Å². The Morgan fingerprint density at radius 1 is 1.14 bits per heavy atom. The first-order valence-electron chi connectivity index (χ1n) is 6.46. The molecule has 0 aliphatic carbocycles. The summed E-state index contributed by atoms with van der Waals surface area (Å²) in [6, 6.07) is 7.86. The van der Waals surface area contributed by atoms with Crippen LogP contribution in [0.5, 0.6) is 0 Å². The van der Waals surface area contributed by atoms with Gasteiger partial charge in [0.25, 0.3) is 5.91 Å². The van der Waals surface area contributed by atoms with Gasteiger partial charge in [-0.05, 0) is 61.6 Å². The SMILES string of the molecule is Cc1ccc(C)c(NC(=S)NNC(=O)c2ccsc2C)c1. The second-order valence-electron chi connectivity index (χ2n) is 4.74. The summed E-state index contributed by atoms with van der Waals surface area (Å²) in [6.45, 7) is 5.92. The van der Waals surface area contributed by atoms with Gasteiger partial charge in [0, 0.05) is 10.6 Å². The Hall–Kier alpha value is -1.92. The van der Waals surface area contributed by atoms with Crippen LogP contribution in [0.1, 0.15) is 26.4 Å². The summed E-state index contributed by atoms with van der Waals surface area (Å²) in [5.41, 5.74) is 9.12. The number of hydrogen-bond acceptors (Lipinski definition) is 3. The Morgan fingerprint density at radius 3 is 2.57 bits per heavy atom. The monoisotopic (exact) mass is 319 g/mol. The molecule has 0 saturated heterocycles. The molecule has 0 atom stereocenters. The van der Waals surface area contributed by atoms with Gasteiger partial charge in [-0.2, -0.15) is 0 Å². The molecule has 0 bridgehead atoms. The number of amides is 1. The second-order valence-corrected chi connectivity index (χ2v) is 6.27. The molecule has 0 saturated carbocycles. The third kappa shape index (κ3) is 4.03. The number of thiocarbonyl (C=S) groups is 1. The number of aryl methyl sites for hydroxylation is 3. The summed E-state index contributed by atoms with van der Waals surface area (Å²) in [5.74, 6) is -0.195. The molecule has 0 unspecified atom stereocenters. The van der Waals surface area contributed by atoms with Gasteiger partial charge in [-0.15, -0.1) is 11.3 Å². The predicted molar refractivity (Wildman–Crippen MR) is 91.8 cm³/mol. The Kier molecular flexibility index (Phi) is 4.93. The van der Waals surface area contributed by atoms with Crippen LogP contribution in [-0.2, 0) is 0 Å². The number of thiophene rings is 1. The van der Waals surface area contributed by atoms with Crippen LogP contribution < -0.4 is 16.2 Å². The van der Waals surface area contributed by atoms with Crippen molar-refractivity contribution in [3.05, 3.63) is 51.2 Å². The molecule has 2 rings (SSSR count). The second kappa shape index (κ2) is 6.69. The van der Waals surface area contributed by atoms with Crippen LogP contribution in [0.15, 0.2) is 29.6 Å². The molecule has 1 heterocycles. The molecule has 0 aliphatic rings. The van der Waals surface area contributed by atoms with Crippen LogP contribution in [0, 0.1) is 20.8 Å². The average molecular weight is 319 g/mol. The molecule has 1 aromatic heterocycles. The molecule has 2 aromatic rings. The zero-order valence-corrected chi connectivity index (χ0v) is 13.7. The van der Waals surface area contributed by atoms with Gasteiger partial charge >= 0.3 is 0 Å². The number of rotatable bonds is 2. The highest BCUT2D eigenvalue weighted by molar-refractivity contribution is 7.80. The van der Waals surface area contributed by atoms with E-state index in [1.54, 1.807) is 6.07 Å². The minimum Gasteiger partial charge on any atom is -0.331 e. The van der Waals surface area contributed by atoms with Crippen LogP contribution in [0.4, 0.5) is 5.69 Å². The molecule has 4 nitrogen and oxygen atoms in total. The number of nitrogens with one attached hydrogen (secondary N) is 3.